The molecule has 0 aromatic carbocycles. The van der Waals surface area contributed by atoms with Gasteiger partial charge in [-0.25, -0.2) is 0 Å². The number of hydrogen-bond donors (Lipinski definition) is 1. The van der Waals surface area contributed by atoms with E-state index in [1.54, 1.807) is 11.1 Å². The number of aromatic nitrogens is 1. The molecule has 1 rings (SSSR count). The van der Waals surface area contributed by atoms with Crippen LogP contribution in [-0.2, 0) is 11.2 Å². The number of amides is 1. The van der Waals surface area contributed by atoms with Gasteiger partial charge in [0.15, 0.2) is 0 Å². The summed E-state index contributed by atoms with van der Waals surface area (Å²) in [7, 11) is 1.85. The van der Waals surface area contributed by atoms with E-state index >= 15 is 0 Å². The molecule has 4 nitrogen and oxygen atoms in total. The van der Waals surface area contributed by atoms with E-state index < -0.39 is 0 Å². The van der Waals surface area contributed by atoms with Crippen LogP contribution in [0.15, 0.2) is 24.4 Å². The van der Waals surface area contributed by atoms with E-state index in [0.29, 0.717) is 13.0 Å². The van der Waals surface area contributed by atoms with Crippen molar-refractivity contribution in [1.82, 2.24) is 15.2 Å². The lowest BCUT2D eigenvalue weighted by Gasteiger charge is -2.19. The summed E-state index contributed by atoms with van der Waals surface area (Å²) in [5.74, 6) is 0.180. The van der Waals surface area contributed by atoms with Gasteiger partial charge in [-0.3, -0.25) is 9.78 Å². The van der Waals surface area contributed by atoms with Gasteiger partial charge in [-0.05, 0) is 25.6 Å². The second-order valence-electron chi connectivity index (χ2n) is 4.55. The van der Waals surface area contributed by atoms with Crippen molar-refractivity contribution in [2.75, 3.05) is 20.1 Å². The van der Waals surface area contributed by atoms with Gasteiger partial charge in [0, 0.05) is 44.4 Å². The molecule has 1 atom stereocenters. The van der Waals surface area contributed by atoms with Gasteiger partial charge in [-0.1, -0.05) is 13.0 Å². The number of likely N-dealkylation sites (N-methyl/N-ethyl adjacent to an activating group) is 1. The maximum Gasteiger partial charge on any atom is 0.223 e. The van der Waals surface area contributed by atoms with Crippen molar-refractivity contribution in [3.8, 4) is 0 Å². The molecule has 0 saturated carbocycles. The third kappa shape index (κ3) is 5.27. The van der Waals surface area contributed by atoms with Crippen LogP contribution in [0.4, 0.5) is 0 Å². The molecule has 100 valence electrons. The topological polar surface area (TPSA) is 45.2 Å². The molecule has 0 bridgehead atoms. The molecule has 18 heavy (non-hydrogen) atoms. The first-order chi connectivity index (χ1) is 8.63. The number of hydrogen-bond acceptors (Lipinski definition) is 3. The fraction of sp³-hybridized carbons (Fsp3) is 0.571. The summed E-state index contributed by atoms with van der Waals surface area (Å²) in [5, 5.41) is 3.25. The molecule has 0 aliphatic heterocycles. The lowest BCUT2D eigenvalue weighted by Crippen LogP contribution is -2.35. The highest BCUT2D eigenvalue weighted by molar-refractivity contribution is 5.76. The minimum absolute atomic E-state index is 0.180. The molecule has 0 radical (unpaired) electrons. The predicted molar refractivity (Wildman–Crippen MR) is 73.3 cm³/mol. The Kier molecular flexibility index (Phi) is 6.36. The summed E-state index contributed by atoms with van der Waals surface area (Å²) in [6, 6.07) is 6.09. The maximum absolute atomic E-state index is 11.9. The van der Waals surface area contributed by atoms with E-state index in [2.05, 4.69) is 10.3 Å². The van der Waals surface area contributed by atoms with Crippen LogP contribution in [0.5, 0.6) is 0 Å². The Morgan fingerprint density at radius 3 is 2.89 bits per heavy atom. The minimum Gasteiger partial charge on any atom is -0.345 e. The molecule has 1 aromatic heterocycles. The van der Waals surface area contributed by atoms with Gasteiger partial charge in [0.2, 0.25) is 5.91 Å². The first-order valence-corrected chi connectivity index (χ1v) is 6.50. The Balaban J connectivity index is 2.32. The quantitative estimate of drug-likeness (QED) is 0.796. The molecule has 0 aliphatic carbocycles. The van der Waals surface area contributed by atoms with Crippen LogP contribution in [0.3, 0.4) is 0 Å². The minimum atomic E-state index is 0.180. The normalized spacial score (nSPS) is 12.2. The monoisotopic (exact) mass is 249 g/mol. The second-order valence-corrected chi connectivity index (χ2v) is 4.55. The number of nitrogens with one attached hydrogen (secondary N) is 1. The highest BCUT2D eigenvalue weighted by Crippen LogP contribution is 2.00. The molecule has 1 aromatic rings. The van der Waals surface area contributed by atoms with Crippen LogP contribution in [0.25, 0.3) is 0 Å². The highest BCUT2D eigenvalue weighted by Gasteiger charge is 2.12. The summed E-state index contributed by atoms with van der Waals surface area (Å²) in [4.78, 5) is 17.9. The summed E-state index contributed by atoms with van der Waals surface area (Å²) in [6.45, 7) is 5.69. The molecular formula is C14H23N3O. The van der Waals surface area contributed by atoms with E-state index in [-0.39, 0.29) is 11.9 Å². The standard InChI is InChI=1S/C14H23N3O/c1-4-15-12(2)11-14(18)17(3)10-8-13-7-5-6-9-16-13/h5-7,9,12,15H,4,8,10-11H2,1-3H3. The molecule has 4 heteroatoms. The van der Waals surface area contributed by atoms with E-state index in [1.807, 2.05) is 39.1 Å². The molecule has 0 aliphatic rings. The van der Waals surface area contributed by atoms with E-state index in [1.165, 1.54) is 0 Å². The first-order valence-electron chi connectivity index (χ1n) is 6.50. The van der Waals surface area contributed by atoms with Crippen molar-refractivity contribution >= 4 is 5.91 Å². The van der Waals surface area contributed by atoms with Crippen molar-refractivity contribution in [3.63, 3.8) is 0 Å². The van der Waals surface area contributed by atoms with Crippen LogP contribution >= 0.6 is 0 Å². The largest absolute Gasteiger partial charge is 0.345 e. The van der Waals surface area contributed by atoms with Gasteiger partial charge in [0.05, 0.1) is 0 Å². The molecule has 0 fully saturated rings. The molecule has 1 unspecified atom stereocenters. The summed E-state index contributed by atoms with van der Waals surface area (Å²) in [6.07, 6.45) is 3.13. The molecule has 1 N–H and O–H groups in total. The third-order valence-electron chi connectivity index (χ3n) is 2.89. The van der Waals surface area contributed by atoms with Gasteiger partial charge in [0.25, 0.3) is 0 Å². The summed E-state index contributed by atoms with van der Waals surface area (Å²) >= 11 is 0. The predicted octanol–water partition coefficient (Wildman–Crippen LogP) is 1.47. The fourth-order valence-electron chi connectivity index (χ4n) is 1.79. The third-order valence-corrected chi connectivity index (χ3v) is 2.89. The second kappa shape index (κ2) is 7.82. The van der Waals surface area contributed by atoms with Gasteiger partial charge < -0.3 is 10.2 Å². The maximum atomic E-state index is 11.9. The van der Waals surface area contributed by atoms with Crippen LogP contribution in [0, 0.1) is 0 Å². The van der Waals surface area contributed by atoms with Crippen molar-refractivity contribution in [3.05, 3.63) is 30.1 Å². The first kappa shape index (κ1) is 14.6. The zero-order valence-corrected chi connectivity index (χ0v) is 11.5. The van der Waals surface area contributed by atoms with E-state index in [9.17, 15) is 4.79 Å². The summed E-state index contributed by atoms with van der Waals surface area (Å²) < 4.78 is 0. The smallest absolute Gasteiger partial charge is 0.223 e. The average molecular weight is 249 g/mol. The average Bonchev–Trinajstić information content (AvgIpc) is 2.37. The molecule has 0 spiro atoms. The van der Waals surface area contributed by atoms with Gasteiger partial charge in [-0.2, -0.15) is 0 Å². The van der Waals surface area contributed by atoms with Gasteiger partial charge in [-0.15, -0.1) is 0 Å². The van der Waals surface area contributed by atoms with Crippen LogP contribution in [0.2, 0.25) is 0 Å². The lowest BCUT2D eigenvalue weighted by molar-refractivity contribution is -0.130. The summed E-state index contributed by atoms with van der Waals surface area (Å²) in [5.41, 5.74) is 1.02. The lowest BCUT2D eigenvalue weighted by atomic mass is 10.2. The van der Waals surface area contributed by atoms with E-state index in [0.717, 1.165) is 18.7 Å². The fourth-order valence-corrected chi connectivity index (χ4v) is 1.79. The molecule has 1 amide bonds. The Labute approximate surface area is 109 Å². The van der Waals surface area contributed by atoms with Gasteiger partial charge in [0.1, 0.15) is 0 Å². The van der Waals surface area contributed by atoms with Crippen LogP contribution in [-0.4, -0.2) is 42.0 Å². The van der Waals surface area contributed by atoms with Crippen molar-refractivity contribution in [1.29, 1.82) is 0 Å². The van der Waals surface area contributed by atoms with Crippen LogP contribution < -0.4 is 5.32 Å². The molecule has 1 heterocycles. The number of rotatable bonds is 7. The SMILES string of the molecule is CCNC(C)CC(=O)N(C)CCc1ccccn1. The van der Waals surface area contributed by atoms with Crippen LogP contribution in [0.1, 0.15) is 26.0 Å². The Hall–Kier alpha value is -1.42. The number of nitrogens with zero attached hydrogens (tertiary/aromatic N) is 2. The Morgan fingerprint density at radius 1 is 1.50 bits per heavy atom. The van der Waals surface area contributed by atoms with E-state index in [4.69, 9.17) is 0 Å². The Morgan fingerprint density at radius 2 is 2.28 bits per heavy atom. The zero-order chi connectivity index (χ0) is 13.4. The van der Waals surface area contributed by atoms with Crippen molar-refractivity contribution < 1.29 is 4.79 Å². The number of carbonyl (C=O) groups is 1. The Bertz CT molecular complexity index is 353. The number of pyridine rings is 1. The zero-order valence-electron chi connectivity index (χ0n) is 11.5. The number of carbonyl (C=O) groups excluding carboxylic acids is 1. The molecule has 0 saturated heterocycles. The van der Waals surface area contributed by atoms with Crippen molar-refractivity contribution in [2.45, 2.75) is 32.7 Å². The molecular weight excluding hydrogens is 226 g/mol. The van der Waals surface area contributed by atoms with Gasteiger partial charge >= 0.3 is 0 Å². The highest BCUT2D eigenvalue weighted by atomic mass is 16.2. The van der Waals surface area contributed by atoms with Crippen molar-refractivity contribution in [2.24, 2.45) is 0 Å².